The number of nitrogens with zero attached hydrogens (tertiary/aromatic N) is 3. The Bertz CT molecular complexity index is 1490. The van der Waals surface area contributed by atoms with Crippen molar-refractivity contribution in [3.63, 3.8) is 0 Å². The van der Waals surface area contributed by atoms with Gasteiger partial charge in [0.15, 0.2) is 11.5 Å². The average Bonchev–Trinajstić information content (AvgIpc) is 3.10. The number of carbonyl (C=O) groups excluding carboxylic acids is 1. The lowest BCUT2D eigenvalue weighted by Crippen LogP contribution is -2.53. The number of amides is 1. The Morgan fingerprint density at radius 2 is 1.58 bits per heavy atom. The minimum Gasteiger partial charge on any atom is -0.349 e. The van der Waals surface area contributed by atoms with Crippen molar-refractivity contribution < 1.29 is 4.79 Å². The maximum absolute atomic E-state index is 13.5. The Morgan fingerprint density at radius 3 is 2.33 bits per heavy atom. The standard InChI is InChI=1S/C26H21N5O2/c1-15(2)16-11-13-17(14-12-16)22-24(32)28-23-18-7-3-5-9-20(18)29-26(31(23)30-22)19-8-4-6-10-21(19)27-25(26)33/h3-15,29H,1-2H3,(H,27,33)/t26-/m0/s1. The summed E-state index contributed by atoms with van der Waals surface area (Å²) in [5, 5.41) is 11.1. The Hall–Kier alpha value is -4.26. The van der Waals surface area contributed by atoms with E-state index in [-0.39, 0.29) is 11.6 Å². The number of rotatable bonds is 2. The third-order valence-corrected chi connectivity index (χ3v) is 6.36. The van der Waals surface area contributed by atoms with Crippen LogP contribution in [0, 0.1) is 0 Å². The quantitative estimate of drug-likeness (QED) is 0.493. The van der Waals surface area contributed by atoms with Crippen LogP contribution in [0.15, 0.2) is 77.6 Å². The second-order valence-electron chi connectivity index (χ2n) is 8.66. The highest BCUT2D eigenvalue weighted by molar-refractivity contribution is 6.09. The Morgan fingerprint density at radius 1 is 0.879 bits per heavy atom. The Kier molecular flexibility index (Phi) is 4.04. The topological polar surface area (TPSA) is 88.9 Å². The van der Waals surface area contributed by atoms with Crippen molar-refractivity contribution in [1.82, 2.24) is 14.8 Å². The molecule has 2 aliphatic heterocycles. The molecule has 3 aromatic carbocycles. The van der Waals surface area contributed by atoms with E-state index in [2.05, 4.69) is 29.5 Å². The highest BCUT2D eigenvalue weighted by Gasteiger charge is 2.53. The second-order valence-corrected chi connectivity index (χ2v) is 8.66. The number of aromatic nitrogens is 3. The molecule has 33 heavy (non-hydrogen) atoms. The van der Waals surface area contributed by atoms with Gasteiger partial charge in [-0.15, -0.1) is 0 Å². The van der Waals surface area contributed by atoms with E-state index in [1.54, 1.807) is 4.68 Å². The van der Waals surface area contributed by atoms with Gasteiger partial charge in [-0.2, -0.15) is 10.1 Å². The third kappa shape index (κ3) is 2.68. The molecule has 2 N–H and O–H groups in total. The van der Waals surface area contributed by atoms with Crippen LogP contribution in [0.25, 0.3) is 22.6 Å². The van der Waals surface area contributed by atoms with E-state index in [1.165, 1.54) is 5.56 Å². The highest BCUT2D eigenvalue weighted by Crippen LogP contribution is 2.45. The second kappa shape index (κ2) is 6.87. The molecular formula is C26H21N5O2. The lowest BCUT2D eigenvalue weighted by atomic mass is 9.96. The first-order valence-electron chi connectivity index (χ1n) is 10.9. The van der Waals surface area contributed by atoms with Crippen LogP contribution in [-0.4, -0.2) is 20.7 Å². The van der Waals surface area contributed by atoms with Gasteiger partial charge in [-0.1, -0.05) is 68.4 Å². The van der Waals surface area contributed by atoms with E-state index in [0.29, 0.717) is 34.2 Å². The first-order valence-corrected chi connectivity index (χ1v) is 10.9. The minimum absolute atomic E-state index is 0.201. The summed E-state index contributed by atoms with van der Waals surface area (Å²) in [6, 6.07) is 22.7. The minimum atomic E-state index is -1.35. The lowest BCUT2D eigenvalue weighted by molar-refractivity contribution is -0.121. The molecule has 1 spiro atoms. The maximum Gasteiger partial charge on any atom is 0.300 e. The average molecular weight is 435 g/mol. The summed E-state index contributed by atoms with van der Waals surface area (Å²) in [6.45, 7) is 4.23. The van der Waals surface area contributed by atoms with E-state index in [1.807, 2.05) is 72.8 Å². The first-order chi connectivity index (χ1) is 16.0. The molecule has 7 nitrogen and oxygen atoms in total. The molecule has 1 atom stereocenters. The fourth-order valence-electron chi connectivity index (χ4n) is 4.61. The van der Waals surface area contributed by atoms with Gasteiger partial charge in [-0.25, -0.2) is 4.68 Å². The van der Waals surface area contributed by atoms with Gasteiger partial charge in [0.1, 0.15) is 0 Å². The van der Waals surface area contributed by atoms with Crippen molar-refractivity contribution in [1.29, 1.82) is 0 Å². The van der Waals surface area contributed by atoms with Gasteiger partial charge >= 0.3 is 0 Å². The molecule has 162 valence electrons. The number of carbonyl (C=O) groups is 1. The van der Waals surface area contributed by atoms with Crippen LogP contribution in [0.4, 0.5) is 11.4 Å². The zero-order chi connectivity index (χ0) is 22.7. The van der Waals surface area contributed by atoms with Gasteiger partial charge in [0.05, 0.1) is 0 Å². The van der Waals surface area contributed by atoms with E-state index < -0.39 is 11.2 Å². The number of nitrogens with one attached hydrogen (secondary N) is 2. The molecule has 0 saturated heterocycles. The van der Waals surface area contributed by atoms with Crippen LogP contribution in [0.1, 0.15) is 30.9 Å². The van der Waals surface area contributed by atoms with Crippen LogP contribution in [0.2, 0.25) is 0 Å². The summed E-state index contributed by atoms with van der Waals surface area (Å²) in [6.07, 6.45) is 0. The van der Waals surface area contributed by atoms with E-state index in [9.17, 15) is 9.59 Å². The fourth-order valence-corrected chi connectivity index (χ4v) is 4.61. The number of anilines is 2. The summed E-state index contributed by atoms with van der Waals surface area (Å²) in [4.78, 5) is 31.1. The van der Waals surface area contributed by atoms with Crippen LogP contribution >= 0.6 is 0 Å². The van der Waals surface area contributed by atoms with Gasteiger partial charge in [0.25, 0.3) is 11.5 Å². The van der Waals surface area contributed by atoms with E-state index in [0.717, 1.165) is 5.56 Å². The number of para-hydroxylation sites is 2. The normalized spacial score (nSPS) is 17.8. The summed E-state index contributed by atoms with van der Waals surface area (Å²) in [7, 11) is 0. The molecular weight excluding hydrogens is 414 g/mol. The highest BCUT2D eigenvalue weighted by atomic mass is 16.2. The van der Waals surface area contributed by atoms with Crippen molar-refractivity contribution in [2.75, 3.05) is 10.6 Å². The maximum atomic E-state index is 13.5. The van der Waals surface area contributed by atoms with Crippen LogP contribution in [-0.2, 0) is 10.5 Å². The van der Waals surface area contributed by atoms with Crippen molar-refractivity contribution in [2.45, 2.75) is 25.4 Å². The fraction of sp³-hybridized carbons (Fsp3) is 0.154. The summed E-state index contributed by atoms with van der Waals surface area (Å²) >= 11 is 0. The number of fused-ring (bicyclic) bond motifs is 6. The molecule has 1 aromatic heterocycles. The lowest BCUT2D eigenvalue weighted by Gasteiger charge is -2.37. The number of hydrogen-bond acceptors (Lipinski definition) is 5. The SMILES string of the molecule is CC(C)c1ccc(-c2nn3c(nc2=O)-c2ccccc2N[C@]32C(=O)Nc3ccccc32)cc1. The predicted octanol–water partition coefficient (Wildman–Crippen LogP) is 4.17. The van der Waals surface area contributed by atoms with Crippen LogP contribution in [0.3, 0.4) is 0 Å². The van der Waals surface area contributed by atoms with Gasteiger partial charge in [-0.05, 0) is 29.7 Å². The molecule has 0 bridgehead atoms. The van der Waals surface area contributed by atoms with E-state index >= 15 is 0 Å². The first kappa shape index (κ1) is 19.4. The van der Waals surface area contributed by atoms with Gasteiger partial charge in [0, 0.05) is 28.1 Å². The molecule has 0 unspecified atom stereocenters. The Balaban J connectivity index is 1.64. The summed E-state index contributed by atoms with van der Waals surface area (Å²) in [5.74, 6) is 0.444. The zero-order valence-electron chi connectivity index (χ0n) is 18.2. The predicted molar refractivity (Wildman–Crippen MR) is 127 cm³/mol. The monoisotopic (exact) mass is 435 g/mol. The summed E-state index contributed by atoms with van der Waals surface area (Å²) in [5.41, 5.74) is 3.10. The zero-order valence-corrected chi connectivity index (χ0v) is 18.2. The van der Waals surface area contributed by atoms with Crippen LogP contribution < -0.4 is 16.2 Å². The smallest absolute Gasteiger partial charge is 0.300 e. The molecule has 4 aromatic rings. The largest absolute Gasteiger partial charge is 0.349 e. The van der Waals surface area contributed by atoms with Gasteiger partial charge < -0.3 is 10.6 Å². The van der Waals surface area contributed by atoms with Crippen molar-refractivity contribution in [3.05, 3.63) is 94.3 Å². The van der Waals surface area contributed by atoms with Gasteiger partial charge in [-0.3, -0.25) is 9.59 Å². The number of benzene rings is 3. The molecule has 6 rings (SSSR count). The van der Waals surface area contributed by atoms with Crippen LogP contribution in [0.5, 0.6) is 0 Å². The molecule has 3 heterocycles. The summed E-state index contributed by atoms with van der Waals surface area (Å²) < 4.78 is 1.56. The molecule has 0 fully saturated rings. The molecule has 7 heteroatoms. The van der Waals surface area contributed by atoms with Gasteiger partial charge in [0.2, 0.25) is 5.66 Å². The van der Waals surface area contributed by atoms with Crippen molar-refractivity contribution in [2.24, 2.45) is 0 Å². The molecule has 0 radical (unpaired) electrons. The Labute approximate surface area is 190 Å². The van der Waals surface area contributed by atoms with Crippen molar-refractivity contribution >= 4 is 17.3 Å². The molecule has 1 amide bonds. The molecule has 0 aliphatic carbocycles. The van der Waals surface area contributed by atoms with E-state index in [4.69, 9.17) is 5.10 Å². The molecule has 2 aliphatic rings. The van der Waals surface area contributed by atoms with Crippen molar-refractivity contribution in [3.8, 4) is 22.6 Å². The third-order valence-electron chi connectivity index (χ3n) is 6.36. The molecule has 0 saturated carbocycles. The number of hydrogen-bond donors (Lipinski definition) is 2.